The highest BCUT2D eigenvalue weighted by atomic mass is 16.5. The van der Waals surface area contributed by atoms with Gasteiger partial charge in [-0.05, 0) is 18.2 Å². The highest BCUT2D eigenvalue weighted by molar-refractivity contribution is 5.97. The summed E-state index contributed by atoms with van der Waals surface area (Å²) in [7, 11) is 4.97. The van der Waals surface area contributed by atoms with Crippen LogP contribution in [0.1, 0.15) is 15.9 Å². The molecule has 10 heteroatoms. The molecule has 0 atom stereocenters. The van der Waals surface area contributed by atoms with Gasteiger partial charge in [-0.2, -0.15) is 10.1 Å². The summed E-state index contributed by atoms with van der Waals surface area (Å²) < 4.78 is 12.3. The van der Waals surface area contributed by atoms with Crippen LogP contribution < -0.4 is 25.8 Å². The molecule has 2 aromatic heterocycles. The first-order valence-corrected chi connectivity index (χ1v) is 8.37. The van der Waals surface area contributed by atoms with E-state index in [-0.39, 0.29) is 5.56 Å². The quantitative estimate of drug-likeness (QED) is 0.536. The minimum Gasteiger partial charge on any atom is -0.497 e. The van der Waals surface area contributed by atoms with Gasteiger partial charge < -0.3 is 25.8 Å². The molecule has 2 heterocycles. The smallest absolute Gasteiger partial charge is 0.254 e. The SMILES string of the molecule is COc1ccc(OC)c(CNc2nc(Nc3cnn(C)c3)ncc2C(N)=O)c1. The topological polar surface area (TPSA) is 129 Å². The lowest BCUT2D eigenvalue weighted by Crippen LogP contribution is -2.17. The zero-order chi connectivity index (χ0) is 20.1. The Balaban J connectivity index is 1.85. The molecule has 4 N–H and O–H groups in total. The summed E-state index contributed by atoms with van der Waals surface area (Å²) in [4.78, 5) is 20.3. The molecule has 0 aliphatic rings. The van der Waals surface area contributed by atoms with Gasteiger partial charge in [0.05, 0.1) is 31.7 Å². The second kappa shape index (κ2) is 8.25. The summed E-state index contributed by atoms with van der Waals surface area (Å²) in [6, 6.07) is 5.45. The second-order valence-corrected chi connectivity index (χ2v) is 5.88. The van der Waals surface area contributed by atoms with Gasteiger partial charge in [0, 0.05) is 31.5 Å². The number of carbonyl (C=O) groups excluding carboxylic acids is 1. The van der Waals surface area contributed by atoms with E-state index in [9.17, 15) is 4.79 Å². The number of amides is 1. The number of methoxy groups -OCH3 is 2. The predicted molar refractivity (Wildman–Crippen MR) is 104 cm³/mol. The highest BCUT2D eigenvalue weighted by Crippen LogP contribution is 2.25. The maximum absolute atomic E-state index is 11.8. The number of ether oxygens (including phenoxy) is 2. The van der Waals surface area contributed by atoms with Crippen LogP contribution in [0.4, 0.5) is 17.5 Å². The fourth-order valence-electron chi connectivity index (χ4n) is 2.57. The van der Waals surface area contributed by atoms with E-state index in [0.717, 1.165) is 11.3 Å². The molecule has 1 aromatic carbocycles. The fraction of sp³-hybridized carbons (Fsp3) is 0.222. The molecule has 0 fully saturated rings. The Morgan fingerprint density at radius 2 is 2.07 bits per heavy atom. The van der Waals surface area contributed by atoms with E-state index in [2.05, 4.69) is 25.7 Å². The second-order valence-electron chi connectivity index (χ2n) is 5.88. The summed E-state index contributed by atoms with van der Waals surface area (Å²) in [5.74, 6) is 1.34. The number of carbonyl (C=O) groups is 1. The third kappa shape index (κ3) is 4.29. The van der Waals surface area contributed by atoms with Gasteiger partial charge in [-0.3, -0.25) is 9.48 Å². The van der Waals surface area contributed by atoms with Crippen molar-refractivity contribution in [3.05, 3.63) is 47.9 Å². The van der Waals surface area contributed by atoms with E-state index in [0.29, 0.717) is 29.8 Å². The number of nitrogens with zero attached hydrogens (tertiary/aromatic N) is 4. The first-order valence-electron chi connectivity index (χ1n) is 8.37. The van der Waals surface area contributed by atoms with Crippen molar-refractivity contribution >= 4 is 23.4 Å². The van der Waals surface area contributed by atoms with Crippen molar-refractivity contribution in [2.75, 3.05) is 24.9 Å². The number of anilines is 3. The molecular formula is C18H21N7O3. The Hall–Kier alpha value is -3.82. The van der Waals surface area contributed by atoms with Crippen LogP contribution in [-0.4, -0.2) is 39.9 Å². The van der Waals surface area contributed by atoms with Crippen LogP contribution in [0.15, 0.2) is 36.8 Å². The molecule has 10 nitrogen and oxygen atoms in total. The molecule has 0 spiro atoms. The van der Waals surface area contributed by atoms with Crippen molar-refractivity contribution in [1.82, 2.24) is 19.7 Å². The van der Waals surface area contributed by atoms with Gasteiger partial charge in [0.15, 0.2) is 0 Å². The van der Waals surface area contributed by atoms with Crippen LogP contribution >= 0.6 is 0 Å². The minimum atomic E-state index is -0.631. The van der Waals surface area contributed by atoms with E-state index in [1.165, 1.54) is 6.20 Å². The third-order valence-electron chi connectivity index (χ3n) is 3.95. The maximum Gasteiger partial charge on any atom is 0.254 e. The molecule has 1 amide bonds. The number of aryl methyl sites for hydroxylation is 1. The Morgan fingerprint density at radius 1 is 1.25 bits per heavy atom. The van der Waals surface area contributed by atoms with Crippen LogP contribution in [-0.2, 0) is 13.6 Å². The molecule has 0 saturated carbocycles. The number of hydrogen-bond acceptors (Lipinski definition) is 8. The standard InChI is InChI=1S/C18H21N7O3/c1-25-10-12(8-22-25)23-18-21-9-14(16(19)26)17(24-18)20-7-11-6-13(27-2)4-5-15(11)28-3/h4-6,8-10H,7H2,1-3H3,(H2,19,26)(H2,20,21,23,24). The predicted octanol–water partition coefficient (Wildman–Crippen LogP) is 1.68. The zero-order valence-corrected chi connectivity index (χ0v) is 15.8. The highest BCUT2D eigenvalue weighted by Gasteiger charge is 2.14. The van der Waals surface area contributed by atoms with E-state index in [4.69, 9.17) is 15.2 Å². The average Bonchev–Trinajstić information content (AvgIpc) is 3.10. The Bertz CT molecular complexity index is 987. The molecule has 0 aliphatic carbocycles. The Labute approximate surface area is 161 Å². The van der Waals surface area contributed by atoms with Gasteiger partial charge in [-0.25, -0.2) is 4.98 Å². The first-order chi connectivity index (χ1) is 13.5. The number of aromatic nitrogens is 4. The molecule has 146 valence electrons. The first kappa shape index (κ1) is 19.0. The Kier molecular flexibility index (Phi) is 5.58. The van der Waals surface area contributed by atoms with Crippen molar-refractivity contribution in [3.8, 4) is 11.5 Å². The van der Waals surface area contributed by atoms with Crippen LogP contribution in [0.5, 0.6) is 11.5 Å². The lowest BCUT2D eigenvalue weighted by atomic mass is 10.2. The monoisotopic (exact) mass is 383 g/mol. The normalized spacial score (nSPS) is 10.4. The van der Waals surface area contributed by atoms with Crippen molar-refractivity contribution in [2.24, 2.45) is 12.8 Å². The van der Waals surface area contributed by atoms with Crippen molar-refractivity contribution < 1.29 is 14.3 Å². The van der Waals surface area contributed by atoms with Crippen molar-refractivity contribution in [3.63, 3.8) is 0 Å². The molecule has 0 saturated heterocycles. The minimum absolute atomic E-state index is 0.179. The fourth-order valence-corrected chi connectivity index (χ4v) is 2.57. The van der Waals surface area contributed by atoms with Crippen LogP contribution in [0, 0.1) is 0 Å². The van der Waals surface area contributed by atoms with Gasteiger partial charge in [-0.15, -0.1) is 0 Å². The third-order valence-corrected chi connectivity index (χ3v) is 3.95. The molecule has 28 heavy (non-hydrogen) atoms. The van der Waals surface area contributed by atoms with E-state index < -0.39 is 5.91 Å². The molecule has 0 unspecified atom stereocenters. The van der Waals surface area contributed by atoms with Crippen molar-refractivity contribution in [2.45, 2.75) is 6.54 Å². The summed E-state index contributed by atoms with van der Waals surface area (Å²) in [6.45, 7) is 0.337. The number of nitrogens with one attached hydrogen (secondary N) is 2. The van der Waals surface area contributed by atoms with Crippen molar-refractivity contribution in [1.29, 1.82) is 0 Å². The van der Waals surface area contributed by atoms with Crippen LogP contribution in [0.3, 0.4) is 0 Å². The van der Waals surface area contributed by atoms with E-state index in [1.807, 2.05) is 6.07 Å². The largest absolute Gasteiger partial charge is 0.497 e. The molecule has 3 rings (SSSR count). The number of nitrogens with two attached hydrogens (primary N) is 1. The number of primary amides is 1. The molecule has 0 radical (unpaired) electrons. The number of rotatable bonds is 8. The number of benzene rings is 1. The van der Waals surface area contributed by atoms with E-state index >= 15 is 0 Å². The average molecular weight is 383 g/mol. The van der Waals surface area contributed by atoms with Gasteiger partial charge in [0.1, 0.15) is 17.3 Å². The summed E-state index contributed by atoms with van der Waals surface area (Å²) in [6.07, 6.45) is 4.79. The van der Waals surface area contributed by atoms with Crippen LogP contribution in [0.2, 0.25) is 0 Å². The molecule has 0 aliphatic heterocycles. The maximum atomic E-state index is 11.8. The lowest BCUT2D eigenvalue weighted by Gasteiger charge is -2.14. The van der Waals surface area contributed by atoms with E-state index in [1.54, 1.807) is 50.5 Å². The summed E-state index contributed by atoms with van der Waals surface area (Å²) in [5, 5.41) is 10.2. The molecule has 0 bridgehead atoms. The lowest BCUT2D eigenvalue weighted by molar-refractivity contribution is 0.100. The van der Waals surface area contributed by atoms with Gasteiger partial charge in [-0.1, -0.05) is 0 Å². The molecule has 3 aromatic rings. The van der Waals surface area contributed by atoms with Crippen LogP contribution in [0.25, 0.3) is 0 Å². The Morgan fingerprint density at radius 3 is 2.71 bits per heavy atom. The molecular weight excluding hydrogens is 362 g/mol. The van der Waals surface area contributed by atoms with Gasteiger partial charge in [0.25, 0.3) is 5.91 Å². The summed E-state index contributed by atoms with van der Waals surface area (Å²) >= 11 is 0. The summed E-state index contributed by atoms with van der Waals surface area (Å²) in [5.41, 5.74) is 7.18. The number of hydrogen-bond donors (Lipinski definition) is 3. The van der Waals surface area contributed by atoms with Gasteiger partial charge >= 0.3 is 0 Å². The van der Waals surface area contributed by atoms with Gasteiger partial charge in [0.2, 0.25) is 5.95 Å². The zero-order valence-electron chi connectivity index (χ0n) is 15.8.